The Bertz CT molecular complexity index is 880. The van der Waals surface area contributed by atoms with E-state index in [1.807, 2.05) is 44.2 Å². The fourth-order valence-corrected chi connectivity index (χ4v) is 2.90. The number of nitrogens with one attached hydrogen (secondary N) is 2. The lowest BCUT2D eigenvalue weighted by Crippen LogP contribution is -2.20. The minimum Gasteiger partial charge on any atom is -0.325 e. The minimum absolute atomic E-state index is 0.115. The van der Waals surface area contributed by atoms with E-state index in [1.165, 1.54) is 6.07 Å². The van der Waals surface area contributed by atoms with Gasteiger partial charge < -0.3 is 5.32 Å². The van der Waals surface area contributed by atoms with Crippen LogP contribution in [0.2, 0.25) is 0 Å². The summed E-state index contributed by atoms with van der Waals surface area (Å²) in [4.78, 5) is 14.9. The van der Waals surface area contributed by atoms with E-state index in [0.717, 1.165) is 28.6 Å². The van der Waals surface area contributed by atoms with Gasteiger partial charge in [-0.1, -0.05) is 29.5 Å². The molecule has 0 aliphatic carbocycles. The predicted octanol–water partition coefficient (Wildman–Crippen LogP) is 2.17. The summed E-state index contributed by atoms with van der Waals surface area (Å²) in [6, 6.07) is 11.1. The first-order chi connectivity index (χ1) is 11.4. The number of pyridine rings is 1. The molecule has 1 aromatic heterocycles. The van der Waals surface area contributed by atoms with Crippen molar-refractivity contribution < 1.29 is 9.78 Å². The number of aromatic nitrogens is 1. The molecule has 4 N–H and O–H groups in total. The van der Waals surface area contributed by atoms with Crippen molar-refractivity contribution in [3.05, 3.63) is 46.5 Å². The molecule has 0 bridgehead atoms. The average Bonchev–Trinajstić information content (AvgIpc) is 2.55. The molecule has 2 aromatic rings. The number of thioether (sulfide) groups is 1. The third-order valence-electron chi connectivity index (χ3n) is 3.32. The van der Waals surface area contributed by atoms with Gasteiger partial charge in [0.15, 0.2) is 5.03 Å². The summed E-state index contributed by atoms with van der Waals surface area (Å²) >= 11 is 1.16. The topological polar surface area (TPSA) is 117 Å². The van der Waals surface area contributed by atoms with Gasteiger partial charge in [-0.2, -0.15) is 10.5 Å². The third-order valence-corrected chi connectivity index (χ3v) is 4.33. The fourth-order valence-electron chi connectivity index (χ4n) is 2.11. The van der Waals surface area contributed by atoms with Crippen molar-refractivity contribution in [2.75, 3.05) is 16.8 Å². The van der Waals surface area contributed by atoms with Gasteiger partial charge in [-0.25, -0.2) is 4.98 Å². The van der Waals surface area contributed by atoms with Gasteiger partial charge in [0.2, 0.25) is 5.91 Å². The first-order valence-corrected chi connectivity index (χ1v) is 8.09. The van der Waals surface area contributed by atoms with E-state index in [4.69, 9.17) is 16.3 Å². The zero-order valence-electron chi connectivity index (χ0n) is 13.3. The van der Waals surface area contributed by atoms with Crippen LogP contribution in [0.4, 0.5) is 11.5 Å². The van der Waals surface area contributed by atoms with Gasteiger partial charge >= 0.3 is 0 Å². The molecule has 0 fully saturated rings. The molecule has 6 nitrogen and oxygen atoms in total. The summed E-state index contributed by atoms with van der Waals surface area (Å²) < 4.78 is 0. The maximum Gasteiger partial charge on any atom is 0.289 e. The van der Waals surface area contributed by atoms with Gasteiger partial charge in [0.05, 0.1) is 5.75 Å². The molecule has 0 spiro atoms. The molecule has 0 atom stereocenters. The number of amides is 1. The smallest absolute Gasteiger partial charge is 0.289 e. The Morgan fingerprint density at radius 1 is 1.25 bits per heavy atom. The van der Waals surface area contributed by atoms with Crippen LogP contribution in [-0.4, -0.2) is 11.7 Å². The van der Waals surface area contributed by atoms with Crippen LogP contribution in [0.15, 0.2) is 29.3 Å². The van der Waals surface area contributed by atoms with Crippen molar-refractivity contribution in [1.82, 2.24) is 0 Å². The molecule has 7 heteroatoms. The highest BCUT2D eigenvalue weighted by molar-refractivity contribution is 7.99. The number of aryl methyl sites for hydroxylation is 2. The van der Waals surface area contributed by atoms with Crippen LogP contribution in [0.5, 0.6) is 0 Å². The van der Waals surface area contributed by atoms with Crippen molar-refractivity contribution in [2.24, 2.45) is 0 Å². The normalized spacial score (nSPS) is 9.83. The maximum atomic E-state index is 12.1. The zero-order chi connectivity index (χ0) is 17.7. The maximum absolute atomic E-state index is 12.1. The number of rotatable bonds is 4. The van der Waals surface area contributed by atoms with E-state index in [-0.39, 0.29) is 28.6 Å². The summed E-state index contributed by atoms with van der Waals surface area (Å²) in [7, 11) is 0. The van der Waals surface area contributed by atoms with Gasteiger partial charge in [-0.3, -0.25) is 10.5 Å². The average molecular weight is 338 g/mol. The molecule has 0 radical (unpaired) electrons. The fraction of sp³-hybridized carbons (Fsp3) is 0.176. The molecule has 0 saturated heterocycles. The van der Waals surface area contributed by atoms with Gasteiger partial charge in [0.25, 0.3) is 5.82 Å². The summed E-state index contributed by atoms with van der Waals surface area (Å²) in [6.45, 7) is 3.92. The lowest BCUT2D eigenvalue weighted by Gasteiger charge is -2.09. The summed E-state index contributed by atoms with van der Waals surface area (Å²) in [6.07, 6.45) is 0. The number of anilines is 2. The highest BCUT2D eigenvalue weighted by Crippen LogP contribution is 2.21. The first kappa shape index (κ1) is 17.3. The molecule has 120 valence electrons. The van der Waals surface area contributed by atoms with Crippen molar-refractivity contribution in [2.45, 2.75) is 18.9 Å². The van der Waals surface area contributed by atoms with Crippen LogP contribution in [0, 0.1) is 36.5 Å². The van der Waals surface area contributed by atoms with Crippen LogP contribution < -0.4 is 16.0 Å². The standard InChI is InChI=1S/C17H15N5OS/c1-10-3-4-14(11(2)5-10)21-15(23)9-24-17-13(8-19)6-12(7-18)16(20)22-17/h3-6H,9H2,1-2H3,(H2,20,22)(H,21,23)/p+1. The van der Waals surface area contributed by atoms with Crippen LogP contribution in [0.3, 0.4) is 0 Å². The van der Waals surface area contributed by atoms with Crippen molar-refractivity contribution in [3.63, 3.8) is 0 Å². The third kappa shape index (κ3) is 4.03. The zero-order valence-corrected chi connectivity index (χ0v) is 14.1. The van der Waals surface area contributed by atoms with Crippen molar-refractivity contribution in [3.8, 4) is 12.1 Å². The van der Waals surface area contributed by atoms with E-state index in [9.17, 15) is 4.79 Å². The molecule has 0 saturated carbocycles. The molecule has 24 heavy (non-hydrogen) atoms. The second-order valence-corrected chi connectivity index (χ2v) is 6.20. The Morgan fingerprint density at radius 3 is 2.58 bits per heavy atom. The SMILES string of the molecule is Cc1ccc(NC(=O)CSc2[nH+]c(N)c(C#N)cc2C#N)c(C)c1. The number of aromatic amines is 1. The summed E-state index contributed by atoms with van der Waals surface area (Å²) in [5.74, 6) is 0.102. The van der Waals surface area contributed by atoms with E-state index in [2.05, 4.69) is 10.3 Å². The summed E-state index contributed by atoms with van der Waals surface area (Å²) in [5, 5.41) is 21.4. The number of H-pyrrole nitrogens is 1. The number of carbonyl (C=O) groups excluding carboxylic acids is 1. The Hall–Kier alpha value is -3.03. The molecular weight excluding hydrogens is 322 g/mol. The van der Waals surface area contributed by atoms with E-state index in [0.29, 0.717) is 5.03 Å². The van der Waals surface area contributed by atoms with E-state index < -0.39 is 0 Å². The first-order valence-electron chi connectivity index (χ1n) is 7.10. The number of benzene rings is 1. The monoisotopic (exact) mass is 338 g/mol. The lowest BCUT2D eigenvalue weighted by molar-refractivity contribution is -0.410. The van der Waals surface area contributed by atoms with Gasteiger partial charge in [-0.05, 0) is 31.5 Å². The Balaban J connectivity index is 2.08. The minimum atomic E-state index is -0.188. The van der Waals surface area contributed by atoms with Gasteiger partial charge in [0.1, 0.15) is 23.3 Å². The molecule has 1 aromatic carbocycles. The Kier molecular flexibility index (Phi) is 5.41. The van der Waals surface area contributed by atoms with Crippen LogP contribution in [0.1, 0.15) is 22.3 Å². The number of nitrogen functional groups attached to an aromatic ring is 1. The van der Waals surface area contributed by atoms with Gasteiger partial charge in [0, 0.05) is 5.69 Å². The van der Waals surface area contributed by atoms with Crippen LogP contribution in [-0.2, 0) is 4.79 Å². The van der Waals surface area contributed by atoms with Crippen LogP contribution >= 0.6 is 11.8 Å². The number of nitrogens with two attached hydrogens (primary N) is 1. The quantitative estimate of drug-likeness (QED) is 0.829. The molecule has 2 rings (SSSR count). The molecule has 1 heterocycles. The second kappa shape index (κ2) is 7.49. The molecule has 1 amide bonds. The lowest BCUT2D eigenvalue weighted by atomic mass is 10.1. The largest absolute Gasteiger partial charge is 0.325 e. The number of nitrogens with zero attached hydrogens (tertiary/aromatic N) is 2. The number of carbonyl (C=O) groups is 1. The highest BCUT2D eigenvalue weighted by Gasteiger charge is 2.16. The molecule has 0 aliphatic rings. The van der Waals surface area contributed by atoms with E-state index >= 15 is 0 Å². The molecular formula is C17H16N5OS+. The molecule has 0 aliphatic heterocycles. The van der Waals surface area contributed by atoms with E-state index in [1.54, 1.807) is 0 Å². The highest BCUT2D eigenvalue weighted by atomic mass is 32.2. The summed E-state index contributed by atoms with van der Waals surface area (Å²) in [5.41, 5.74) is 9.08. The van der Waals surface area contributed by atoms with Crippen LogP contribution in [0.25, 0.3) is 0 Å². The van der Waals surface area contributed by atoms with Gasteiger partial charge in [-0.15, -0.1) is 0 Å². The Morgan fingerprint density at radius 2 is 1.96 bits per heavy atom. The predicted molar refractivity (Wildman–Crippen MR) is 92.1 cm³/mol. The van der Waals surface area contributed by atoms with Crippen molar-refractivity contribution >= 4 is 29.2 Å². The number of hydrogen-bond donors (Lipinski definition) is 2. The molecule has 0 unspecified atom stereocenters. The number of nitriles is 2. The van der Waals surface area contributed by atoms with Crippen molar-refractivity contribution in [1.29, 1.82) is 10.5 Å². The second-order valence-electron chi connectivity index (χ2n) is 5.22. The number of hydrogen-bond acceptors (Lipinski definition) is 5. The Labute approximate surface area is 144 Å².